The fourth-order valence-electron chi connectivity index (χ4n) is 6.01. The van der Waals surface area contributed by atoms with E-state index in [9.17, 15) is 14.4 Å². The van der Waals surface area contributed by atoms with Crippen LogP contribution in [0.1, 0.15) is 44.6 Å². The Bertz CT molecular complexity index is 1330. The lowest BCUT2D eigenvalue weighted by molar-refractivity contribution is -0.134. The Kier molecular flexibility index (Phi) is 11.2. The summed E-state index contributed by atoms with van der Waals surface area (Å²) in [5.74, 6) is -0.0381. The number of likely N-dealkylation sites (tertiary alicyclic amines) is 1. The molecule has 0 aromatic heterocycles. The number of hydrogen-bond donors (Lipinski definition) is 2. The fourth-order valence-corrected chi connectivity index (χ4v) is 6.01. The normalized spacial score (nSPS) is 16.7. The average Bonchev–Trinajstić information content (AvgIpc) is 3.02. The van der Waals surface area contributed by atoms with Gasteiger partial charge in [-0.3, -0.25) is 9.59 Å². The molecule has 0 spiro atoms. The molecule has 0 radical (unpaired) electrons. The average molecular weight is 593 g/mol. The van der Waals surface area contributed by atoms with Crippen LogP contribution in [0.15, 0.2) is 72.8 Å². The van der Waals surface area contributed by atoms with Crippen LogP contribution in [0.2, 0.25) is 0 Å². The van der Waals surface area contributed by atoms with Crippen LogP contribution in [0, 0.1) is 0 Å². The Balaban J connectivity index is 0.00000405. The van der Waals surface area contributed by atoms with E-state index in [1.807, 2.05) is 77.4 Å². The van der Waals surface area contributed by atoms with Crippen molar-refractivity contribution >= 4 is 46.8 Å². The Morgan fingerprint density at radius 2 is 1.60 bits per heavy atom. The highest BCUT2D eigenvalue weighted by molar-refractivity contribution is 5.94. The molecular weight excluding hydrogens is 552 g/mol. The highest BCUT2D eigenvalue weighted by Gasteiger charge is 2.34. The third-order valence-electron chi connectivity index (χ3n) is 8.20. The fraction of sp³-hybridized carbons (Fsp3) is 0.424. The molecule has 2 heterocycles. The van der Waals surface area contributed by atoms with Gasteiger partial charge in [0.1, 0.15) is 12.1 Å². The van der Waals surface area contributed by atoms with Gasteiger partial charge in [-0.25, -0.2) is 4.79 Å². The Morgan fingerprint density at radius 3 is 2.31 bits per heavy atom. The highest BCUT2D eigenvalue weighted by Crippen LogP contribution is 2.26. The van der Waals surface area contributed by atoms with Gasteiger partial charge in [0.2, 0.25) is 11.8 Å². The topological polar surface area (TPSA) is 91.0 Å². The zero-order chi connectivity index (χ0) is 28.6. The number of para-hydroxylation sites is 1. The van der Waals surface area contributed by atoms with Crippen LogP contribution in [0.4, 0.5) is 10.5 Å². The maximum Gasteiger partial charge on any atom is 0.408 e. The number of amides is 3. The van der Waals surface area contributed by atoms with Gasteiger partial charge >= 0.3 is 6.09 Å². The van der Waals surface area contributed by atoms with Crippen LogP contribution in [0.5, 0.6) is 0 Å². The first-order chi connectivity index (χ1) is 20.0. The number of rotatable bonds is 8. The first-order valence-electron chi connectivity index (χ1n) is 14.8. The van der Waals surface area contributed by atoms with Crippen molar-refractivity contribution in [3.63, 3.8) is 0 Å². The molecule has 0 saturated carbocycles. The minimum Gasteiger partial charge on any atom is -0.446 e. The lowest BCUT2D eigenvalue weighted by atomic mass is 9.96. The molecule has 3 aromatic carbocycles. The predicted octanol–water partition coefficient (Wildman–Crippen LogP) is 5.09. The monoisotopic (exact) mass is 592 g/mol. The SMILES string of the molecule is CCC(=O)N(c1ccccc1)C1CCN(C(=O)[C@@H](Cc2cccc3ccccc23)NC(=O)OC2CCNCC2)CC1.Cl. The van der Waals surface area contributed by atoms with Crippen molar-refractivity contribution in [2.24, 2.45) is 0 Å². The molecule has 2 N–H and O–H groups in total. The Labute approximate surface area is 254 Å². The van der Waals surface area contributed by atoms with E-state index in [1.165, 1.54) is 0 Å². The quantitative estimate of drug-likeness (QED) is 0.380. The summed E-state index contributed by atoms with van der Waals surface area (Å²) in [4.78, 5) is 43.6. The maximum absolute atomic E-state index is 14.0. The van der Waals surface area contributed by atoms with Crippen LogP contribution in [-0.2, 0) is 20.7 Å². The van der Waals surface area contributed by atoms with E-state index in [2.05, 4.69) is 22.8 Å². The van der Waals surface area contributed by atoms with Crippen molar-refractivity contribution in [3.05, 3.63) is 78.4 Å². The number of piperidine rings is 2. The summed E-state index contributed by atoms with van der Waals surface area (Å²) in [6.07, 6.45) is 2.96. The number of nitrogens with one attached hydrogen (secondary N) is 2. The number of carbonyl (C=O) groups is 3. The van der Waals surface area contributed by atoms with Gasteiger partial charge in [0.25, 0.3) is 0 Å². The predicted molar refractivity (Wildman–Crippen MR) is 168 cm³/mol. The van der Waals surface area contributed by atoms with Crippen molar-refractivity contribution in [1.29, 1.82) is 0 Å². The van der Waals surface area contributed by atoms with Crippen LogP contribution in [0.25, 0.3) is 10.8 Å². The van der Waals surface area contributed by atoms with Gasteiger partial charge in [0.15, 0.2) is 0 Å². The van der Waals surface area contributed by atoms with Crippen LogP contribution >= 0.6 is 12.4 Å². The molecule has 3 amide bonds. The van der Waals surface area contributed by atoms with Gasteiger partial charge in [0.05, 0.1) is 0 Å². The van der Waals surface area contributed by atoms with Crippen molar-refractivity contribution in [2.45, 2.75) is 63.6 Å². The second-order valence-corrected chi connectivity index (χ2v) is 10.9. The number of nitrogens with zero attached hydrogens (tertiary/aromatic N) is 2. The standard InChI is InChI=1S/C33H40N4O4.ClH/c1-2-31(38)37(26-12-4-3-5-13-26)27-17-21-36(22-18-27)32(39)30(35-33(40)41-28-15-19-34-20-16-28)23-25-11-8-10-24-9-6-7-14-29(24)25;/h3-14,27-28,30,34H,2,15-23H2,1H3,(H,35,40);1H/t30-;/m1./s1. The number of ether oxygens (including phenoxy) is 1. The molecule has 42 heavy (non-hydrogen) atoms. The number of halogens is 1. The molecule has 2 aliphatic rings. The third kappa shape index (κ3) is 7.61. The molecule has 5 rings (SSSR count). The molecule has 1 atom stereocenters. The summed E-state index contributed by atoms with van der Waals surface area (Å²) in [5.41, 5.74) is 1.89. The van der Waals surface area contributed by atoms with E-state index >= 15 is 0 Å². The van der Waals surface area contributed by atoms with E-state index in [-0.39, 0.29) is 36.4 Å². The van der Waals surface area contributed by atoms with Gasteiger partial charge < -0.3 is 25.2 Å². The molecular formula is C33H41ClN4O4. The van der Waals surface area contributed by atoms with Crippen LogP contribution < -0.4 is 15.5 Å². The minimum atomic E-state index is -0.755. The largest absolute Gasteiger partial charge is 0.446 e. The zero-order valence-electron chi connectivity index (χ0n) is 24.2. The Morgan fingerprint density at radius 1 is 0.929 bits per heavy atom. The molecule has 2 aliphatic heterocycles. The van der Waals surface area contributed by atoms with E-state index in [4.69, 9.17) is 4.74 Å². The molecule has 0 aliphatic carbocycles. The maximum atomic E-state index is 14.0. The van der Waals surface area contributed by atoms with Gasteiger partial charge in [-0.15, -0.1) is 12.4 Å². The summed E-state index contributed by atoms with van der Waals surface area (Å²) in [6, 6.07) is 23.1. The first-order valence-corrected chi connectivity index (χ1v) is 14.8. The summed E-state index contributed by atoms with van der Waals surface area (Å²) < 4.78 is 5.72. The molecule has 2 saturated heterocycles. The molecule has 2 fully saturated rings. The van der Waals surface area contributed by atoms with Crippen LogP contribution in [-0.4, -0.2) is 67.2 Å². The van der Waals surface area contributed by atoms with Gasteiger partial charge in [-0.1, -0.05) is 67.6 Å². The molecule has 0 bridgehead atoms. The number of carbonyl (C=O) groups excluding carboxylic acids is 3. The Hall–Kier alpha value is -3.62. The molecule has 8 nitrogen and oxygen atoms in total. The second-order valence-electron chi connectivity index (χ2n) is 10.9. The van der Waals surface area contributed by atoms with E-state index in [0.717, 1.165) is 48.0 Å². The lowest BCUT2D eigenvalue weighted by Crippen LogP contribution is -2.55. The van der Waals surface area contributed by atoms with Crippen molar-refractivity contribution in [1.82, 2.24) is 15.5 Å². The second kappa shape index (κ2) is 15.0. The molecule has 0 unspecified atom stereocenters. The van der Waals surface area contributed by atoms with Crippen molar-refractivity contribution in [2.75, 3.05) is 31.1 Å². The number of benzene rings is 3. The minimum absolute atomic E-state index is 0. The van der Waals surface area contributed by atoms with E-state index in [1.54, 1.807) is 0 Å². The molecule has 3 aromatic rings. The van der Waals surface area contributed by atoms with E-state index < -0.39 is 12.1 Å². The van der Waals surface area contributed by atoms with Crippen LogP contribution in [0.3, 0.4) is 0 Å². The lowest BCUT2D eigenvalue weighted by Gasteiger charge is -2.39. The summed E-state index contributed by atoms with van der Waals surface area (Å²) in [6.45, 7) is 4.53. The highest BCUT2D eigenvalue weighted by atomic mass is 35.5. The molecule has 224 valence electrons. The summed E-state index contributed by atoms with van der Waals surface area (Å²) in [5, 5.41) is 8.36. The van der Waals surface area contributed by atoms with Crippen molar-refractivity contribution < 1.29 is 19.1 Å². The number of alkyl carbamates (subject to hydrolysis) is 1. The summed E-state index contributed by atoms with van der Waals surface area (Å²) >= 11 is 0. The smallest absolute Gasteiger partial charge is 0.408 e. The number of hydrogen-bond acceptors (Lipinski definition) is 5. The first kappa shape index (κ1) is 31.3. The summed E-state index contributed by atoms with van der Waals surface area (Å²) in [7, 11) is 0. The van der Waals surface area contributed by atoms with Gasteiger partial charge in [0, 0.05) is 37.7 Å². The zero-order valence-corrected chi connectivity index (χ0v) is 25.0. The van der Waals surface area contributed by atoms with E-state index in [0.29, 0.717) is 38.8 Å². The van der Waals surface area contributed by atoms with Crippen molar-refractivity contribution in [3.8, 4) is 0 Å². The number of anilines is 1. The molecule has 9 heteroatoms. The van der Waals surface area contributed by atoms with Gasteiger partial charge in [-0.05, 0) is 67.2 Å². The van der Waals surface area contributed by atoms with Gasteiger partial charge in [-0.2, -0.15) is 0 Å². The third-order valence-corrected chi connectivity index (χ3v) is 8.20. The number of fused-ring (bicyclic) bond motifs is 1.